The van der Waals surface area contributed by atoms with Gasteiger partial charge in [-0.2, -0.15) is 0 Å². The first-order valence-corrected chi connectivity index (χ1v) is 9.36. The molecule has 1 aliphatic heterocycles. The Morgan fingerprint density at radius 1 is 1.04 bits per heavy atom. The number of fused-ring (bicyclic) bond motifs is 1. The van der Waals surface area contributed by atoms with Gasteiger partial charge in [0.15, 0.2) is 0 Å². The van der Waals surface area contributed by atoms with Crippen LogP contribution >= 0.6 is 11.6 Å². The number of piperidine rings is 1. The Bertz CT molecular complexity index is 909. The van der Waals surface area contributed by atoms with E-state index in [0.29, 0.717) is 12.0 Å². The molecule has 128 valence electrons. The maximum atomic E-state index is 6.21. The third-order valence-corrected chi connectivity index (χ3v) is 5.66. The predicted octanol–water partition coefficient (Wildman–Crippen LogP) is 4.20. The lowest BCUT2D eigenvalue weighted by atomic mass is 9.95. The SMILES string of the molecule is Clc1ccc2nccc(N3CCC(c4nncn4C4CC4)CC3)c2c1. The van der Waals surface area contributed by atoms with Crippen LogP contribution in [0.3, 0.4) is 0 Å². The minimum absolute atomic E-state index is 0.510. The van der Waals surface area contributed by atoms with E-state index >= 15 is 0 Å². The van der Waals surface area contributed by atoms with E-state index in [1.165, 1.54) is 24.4 Å². The normalized spacial score (nSPS) is 18.8. The van der Waals surface area contributed by atoms with Gasteiger partial charge in [0.25, 0.3) is 0 Å². The van der Waals surface area contributed by atoms with Crippen molar-refractivity contribution in [2.45, 2.75) is 37.6 Å². The van der Waals surface area contributed by atoms with Gasteiger partial charge in [-0.25, -0.2) is 0 Å². The molecule has 0 N–H and O–H groups in total. The molecule has 2 aliphatic rings. The van der Waals surface area contributed by atoms with Crippen LogP contribution in [-0.4, -0.2) is 32.8 Å². The maximum Gasteiger partial charge on any atom is 0.136 e. The summed E-state index contributed by atoms with van der Waals surface area (Å²) in [6.45, 7) is 2.04. The molecule has 6 heteroatoms. The van der Waals surface area contributed by atoms with Crippen molar-refractivity contribution >= 4 is 28.2 Å². The maximum absolute atomic E-state index is 6.21. The van der Waals surface area contributed by atoms with Crippen molar-refractivity contribution in [2.24, 2.45) is 0 Å². The van der Waals surface area contributed by atoms with Crippen LogP contribution < -0.4 is 4.90 Å². The van der Waals surface area contributed by atoms with Crippen LogP contribution in [0.25, 0.3) is 10.9 Å². The van der Waals surface area contributed by atoms with E-state index in [1.807, 2.05) is 30.7 Å². The number of pyridine rings is 1. The van der Waals surface area contributed by atoms with E-state index < -0.39 is 0 Å². The van der Waals surface area contributed by atoms with Gasteiger partial charge >= 0.3 is 0 Å². The van der Waals surface area contributed by atoms with Crippen LogP contribution in [0.2, 0.25) is 5.02 Å². The van der Waals surface area contributed by atoms with Crippen molar-refractivity contribution in [1.29, 1.82) is 0 Å². The number of rotatable bonds is 3. The molecule has 3 heterocycles. The first kappa shape index (κ1) is 15.1. The van der Waals surface area contributed by atoms with E-state index in [1.54, 1.807) is 0 Å². The van der Waals surface area contributed by atoms with Gasteiger partial charge in [0, 0.05) is 47.3 Å². The molecule has 0 spiro atoms. The fourth-order valence-electron chi connectivity index (χ4n) is 3.94. The zero-order valence-corrected chi connectivity index (χ0v) is 14.7. The van der Waals surface area contributed by atoms with Gasteiger partial charge in [-0.3, -0.25) is 4.98 Å². The van der Waals surface area contributed by atoms with Gasteiger partial charge in [0.1, 0.15) is 12.2 Å². The Hall–Kier alpha value is -2.14. The van der Waals surface area contributed by atoms with Crippen molar-refractivity contribution in [3.8, 4) is 0 Å². The summed E-state index contributed by atoms with van der Waals surface area (Å²) in [4.78, 5) is 6.92. The van der Waals surface area contributed by atoms with Crippen molar-refractivity contribution in [3.05, 3.63) is 47.6 Å². The van der Waals surface area contributed by atoms with Crippen molar-refractivity contribution in [2.75, 3.05) is 18.0 Å². The number of hydrogen-bond donors (Lipinski definition) is 0. The lowest BCUT2D eigenvalue weighted by molar-refractivity contribution is 0.466. The quantitative estimate of drug-likeness (QED) is 0.708. The Kier molecular flexibility index (Phi) is 3.63. The summed E-state index contributed by atoms with van der Waals surface area (Å²) >= 11 is 6.21. The zero-order valence-electron chi connectivity index (χ0n) is 14.0. The molecule has 25 heavy (non-hydrogen) atoms. The van der Waals surface area contributed by atoms with E-state index in [0.717, 1.165) is 41.9 Å². The third kappa shape index (κ3) is 2.76. The van der Waals surface area contributed by atoms with Crippen LogP contribution in [0.15, 0.2) is 36.8 Å². The predicted molar refractivity (Wildman–Crippen MR) is 99.2 cm³/mol. The summed E-state index contributed by atoms with van der Waals surface area (Å²) < 4.78 is 2.31. The molecule has 1 aromatic carbocycles. The largest absolute Gasteiger partial charge is 0.371 e. The second-order valence-corrected chi connectivity index (χ2v) is 7.52. The van der Waals surface area contributed by atoms with E-state index in [9.17, 15) is 0 Å². The highest BCUT2D eigenvalue weighted by Gasteiger charge is 2.31. The van der Waals surface area contributed by atoms with E-state index in [-0.39, 0.29) is 0 Å². The van der Waals surface area contributed by atoms with E-state index in [2.05, 4.69) is 30.7 Å². The zero-order chi connectivity index (χ0) is 16.8. The molecule has 0 atom stereocenters. The van der Waals surface area contributed by atoms with Gasteiger partial charge in [-0.15, -0.1) is 10.2 Å². The van der Waals surface area contributed by atoms with Crippen molar-refractivity contribution < 1.29 is 0 Å². The minimum atomic E-state index is 0.510. The highest BCUT2D eigenvalue weighted by Crippen LogP contribution is 2.39. The lowest BCUT2D eigenvalue weighted by Gasteiger charge is -2.34. The molecule has 3 aromatic rings. The fourth-order valence-corrected chi connectivity index (χ4v) is 4.11. The fraction of sp³-hybridized carbons (Fsp3) is 0.421. The molecule has 5 nitrogen and oxygen atoms in total. The van der Waals surface area contributed by atoms with Crippen LogP contribution in [0.4, 0.5) is 5.69 Å². The van der Waals surface area contributed by atoms with Crippen LogP contribution in [0.5, 0.6) is 0 Å². The van der Waals surface area contributed by atoms with Gasteiger partial charge in [-0.05, 0) is 49.9 Å². The second-order valence-electron chi connectivity index (χ2n) is 7.08. The molecule has 0 radical (unpaired) electrons. The molecule has 2 aromatic heterocycles. The Labute approximate surface area is 151 Å². The van der Waals surface area contributed by atoms with Gasteiger partial charge in [-0.1, -0.05) is 11.6 Å². The highest BCUT2D eigenvalue weighted by atomic mass is 35.5. The number of hydrogen-bond acceptors (Lipinski definition) is 4. The van der Waals surface area contributed by atoms with Crippen LogP contribution in [0, 0.1) is 0 Å². The molecule has 0 unspecified atom stereocenters. The molecule has 2 fully saturated rings. The monoisotopic (exact) mass is 353 g/mol. The van der Waals surface area contributed by atoms with Gasteiger partial charge < -0.3 is 9.47 Å². The second kappa shape index (κ2) is 5.99. The number of anilines is 1. The minimum Gasteiger partial charge on any atom is -0.371 e. The van der Waals surface area contributed by atoms with Gasteiger partial charge in [0.2, 0.25) is 0 Å². The summed E-state index contributed by atoms with van der Waals surface area (Å²) in [5, 5.41) is 10.5. The summed E-state index contributed by atoms with van der Waals surface area (Å²) in [6.07, 6.45) is 8.56. The van der Waals surface area contributed by atoms with Crippen molar-refractivity contribution in [1.82, 2.24) is 19.7 Å². The average molecular weight is 354 g/mol. The third-order valence-electron chi connectivity index (χ3n) is 5.42. The van der Waals surface area contributed by atoms with E-state index in [4.69, 9.17) is 11.6 Å². The molecule has 0 bridgehead atoms. The first-order chi connectivity index (χ1) is 12.3. The smallest absolute Gasteiger partial charge is 0.136 e. The average Bonchev–Trinajstić information content (AvgIpc) is 3.38. The standard InChI is InChI=1S/C19H20ClN5/c20-14-1-4-17-16(11-14)18(5-8-21-17)24-9-6-13(7-10-24)19-23-22-12-25(19)15-2-3-15/h1,4-5,8,11-13,15H,2-3,6-7,9-10H2. The number of nitrogens with zero attached hydrogens (tertiary/aromatic N) is 5. The molecular formula is C19H20ClN5. The lowest BCUT2D eigenvalue weighted by Crippen LogP contribution is -2.33. The first-order valence-electron chi connectivity index (χ1n) is 8.98. The highest BCUT2D eigenvalue weighted by molar-refractivity contribution is 6.31. The van der Waals surface area contributed by atoms with Crippen LogP contribution in [0.1, 0.15) is 43.5 Å². The summed E-state index contributed by atoms with van der Waals surface area (Å²) in [6, 6.07) is 8.67. The number of aromatic nitrogens is 4. The summed E-state index contributed by atoms with van der Waals surface area (Å²) in [5.74, 6) is 1.70. The Morgan fingerprint density at radius 2 is 1.88 bits per heavy atom. The Balaban J connectivity index is 1.38. The Morgan fingerprint density at radius 3 is 2.68 bits per heavy atom. The number of halogens is 1. The van der Waals surface area contributed by atoms with Crippen molar-refractivity contribution in [3.63, 3.8) is 0 Å². The molecular weight excluding hydrogens is 334 g/mol. The molecule has 1 saturated heterocycles. The van der Waals surface area contributed by atoms with Crippen LogP contribution in [-0.2, 0) is 0 Å². The topological polar surface area (TPSA) is 46.8 Å². The molecule has 0 amide bonds. The molecule has 1 aliphatic carbocycles. The van der Waals surface area contributed by atoms with Gasteiger partial charge in [0.05, 0.1) is 5.52 Å². The summed E-state index contributed by atoms with van der Waals surface area (Å²) in [5.41, 5.74) is 2.23. The molecule has 5 rings (SSSR count). The summed E-state index contributed by atoms with van der Waals surface area (Å²) in [7, 11) is 0. The molecule has 1 saturated carbocycles. The number of benzene rings is 1.